The Morgan fingerprint density at radius 2 is 2.10 bits per heavy atom. The Balaban J connectivity index is 1.90. The van der Waals surface area contributed by atoms with E-state index in [2.05, 4.69) is 10.3 Å². The van der Waals surface area contributed by atoms with Gasteiger partial charge in [0.15, 0.2) is 0 Å². The highest BCUT2D eigenvalue weighted by Crippen LogP contribution is 2.21. The van der Waals surface area contributed by atoms with E-state index in [4.69, 9.17) is 4.74 Å². The van der Waals surface area contributed by atoms with E-state index < -0.39 is 11.5 Å². The van der Waals surface area contributed by atoms with E-state index >= 15 is 0 Å². The topological polar surface area (TPSA) is 88.5 Å². The Hall–Kier alpha value is -1.95. The van der Waals surface area contributed by atoms with Crippen molar-refractivity contribution in [3.8, 4) is 0 Å². The zero-order valence-corrected chi connectivity index (χ0v) is 11.2. The van der Waals surface area contributed by atoms with E-state index in [0.29, 0.717) is 32.5 Å². The molecule has 0 aromatic carbocycles. The molecule has 20 heavy (non-hydrogen) atoms. The number of aryl methyl sites for hydroxylation is 1. The predicted molar refractivity (Wildman–Crippen MR) is 71.1 cm³/mol. The minimum Gasteiger partial charge on any atom is -0.480 e. The van der Waals surface area contributed by atoms with Crippen LogP contribution in [0.3, 0.4) is 0 Å². The van der Waals surface area contributed by atoms with Gasteiger partial charge in [0.2, 0.25) is 5.91 Å². The number of carbonyl (C=O) groups is 2. The third-order valence-electron chi connectivity index (χ3n) is 3.47. The van der Waals surface area contributed by atoms with Crippen molar-refractivity contribution in [2.45, 2.75) is 31.2 Å². The average molecular weight is 278 g/mol. The van der Waals surface area contributed by atoms with Gasteiger partial charge in [-0.25, -0.2) is 4.79 Å². The van der Waals surface area contributed by atoms with E-state index in [1.165, 1.54) is 0 Å². The van der Waals surface area contributed by atoms with Crippen LogP contribution >= 0.6 is 0 Å². The molecule has 0 saturated carbocycles. The maximum absolute atomic E-state index is 12.0. The van der Waals surface area contributed by atoms with Crippen molar-refractivity contribution in [3.05, 3.63) is 30.1 Å². The molecule has 108 valence electrons. The fraction of sp³-hybridized carbons (Fsp3) is 0.500. The standard InChI is InChI=1S/C14H18N2O4/c17-12(5-4-11-3-1-2-8-15-11)16-14(13(18)19)6-9-20-10-7-14/h1-3,8H,4-7,9-10H2,(H,16,17)(H,18,19). The smallest absolute Gasteiger partial charge is 0.329 e. The molecule has 0 radical (unpaired) electrons. The minimum absolute atomic E-state index is 0.229. The van der Waals surface area contributed by atoms with Crippen molar-refractivity contribution >= 4 is 11.9 Å². The first-order chi connectivity index (χ1) is 9.62. The second kappa shape index (κ2) is 6.47. The molecule has 2 heterocycles. The van der Waals surface area contributed by atoms with E-state index in [-0.39, 0.29) is 12.3 Å². The summed E-state index contributed by atoms with van der Waals surface area (Å²) in [5.74, 6) is -1.26. The molecule has 0 spiro atoms. The lowest BCUT2D eigenvalue weighted by molar-refractivity contribution is -0.152. The van der Waals surface area contributed by atoms with Crippen LogP contribution in [0, 0.1) is 0 Å². The van der Waals surface area contributed by atoms with E-state index in [1.807, 2.05) is 18.2 Å². The molecule has 6 heteroatoms. The van der Waals surface area contributed by atoms with Crippen LogP contribution in [0.1, 0.15) is 25.0 Å². The van der Waals surface area contributed by atoms with E-state index in [0.717, 1.165) is 5.69 Å². The summed E-state index contributed by atoms with van der Waals surface area (Å²) in [4.78, 5) is 27.5. The number of hydrogen-bond acceptors (Lipinski definition) is 4. The molecule has 1 aromatic heterocycles. The molecule has 0 unspecified atom stereocenters. The molecule has 2 rings (SSSR count). The van der Waals surface area contributed by atoms with Crippen LogP contribution in [0.4, 0.5) is 0 Å². The Labute approximate surface area is 117 Å². The number of pyridine rings is 1. The second-order valence-corrected chi connectivity index (χ2v) is 4.87. The molecular weight excluding hydrogens is 260 g/mol. The Morgan fingerprint density at radius 1 is 1.35 bits per heavy atom. The molecule has 1 aliphatic rings. The zero-order chi connectivity index (χ0) is 14.4. The summed E-state index contributed by atoms with van der Waals surface area (Å²) in [5.41, 5.74) is -0.363. The summed E-state index contributed by atoms with van der Waals surface area (Å²) in [7, 11) is 0. The first kappa shape index (κ1) is 14.5. The van der Waals surface area contributed by atoms with Crippen molar-refractivity contribution in [2.75, 3.05) is 13.2 Å². The maximum atomic E-state index is 12.0. The number of carbonyl (C=O) groups excluding carboxylic acids is 1. The largest absolute Gasteiger partial charge is 0.480 e. The first-order valence-electron chi connectivity index (χ1n) is 6.64. The number of ether oxygens (including phenoxy) is 1. The van der Waals surface area contributed by atoms with Gasteiger partial charge in [-0.15, -0.1) is 0 Å². The van der Waals surface area contributed by atoms with Gasteiger partial charge in [-0.1, -0.05) is 6.07 Å². The molecule has 0 bridgehead atoms. The van der Waals surface area contributed by atoms with Crippen LogP contribution in [0.2, 0.25) is 0 Å². The van der Waals surface area contributed by atoms with Crippen molar-refractivity contribution in [2.24, 2.45) is 0 Å². The van der Waals surface area contributed by atoms with Crippen LogP contribution in [0.15, 0.2) is 24.4 Å². The van der Waals surface area contributed by atoms with Crippen molar-refractivity contribution in [1.82, 2.24) is 10.3 Å². The third-order valence-corrected chi connectivity index (χ3v) is 3.47. The number of carboxylic acids is 1. The molecule has 0 atom stereocenters. The van der Waals surface area contributed by atoms with Crippen LogP contribution in [-0.4, -0.2) is 40.7 Å². The van der Waals surface area contributed by atoms with Gasteiger partial charge in [0.1, 0.15) is 5.54 Å². The van der Waals surface area contributed by atoms with Crippen LogP contribution in [0.25, 0.3) is 0 Å². The van der Waals surface area contributed by atoms with E-state index in [1.54, 1.807) is 6.20 Å². The summed E-state index contributed by atoms with van der Waals surface area (Å²) >= 11 is 0. The summed E-state index contributed by atoms with van der Waals surface area (Å²) < 4.78 is 5.16. The second-order valence-electron chi connectivity index (χ2n) is 4.87. The highest BCUT2D eigenvalue weighted by atomic mass is 16.5. The maximum Gasteiger partial charge on any atom is 0.329 e. The summed E-state index contributed by atoms with van der Waals surface area (Å²) in [6, 6.07) is 5.51. The summed E-state index contributed by atoms with van der Waals surface area (Å²) in [6.07, 6.45) is 3.01. The quantitative estimate of drug-likeness (QED) is 0.830. The monoisotopic (exact) mass is 278 g/mol. The van der Waals surface area contributed by atoms with E-state index in [9.17, 15) is 14.7 Å². The molecule has 1 amide bonds. The van der Waals surface area contributed by atoms with Crippen molar-refractivity contribution < 1.29 is 19.4 Å². The van der Waals surface area contributed by atoms with Crippen LogP contribution in [-0.2, 0) is 20.7 Å². The SMILES string of the molecule is O=C(CCc1ccccn1)NC1(C(=O)O)CCOCC1. The molecule has 1 fully saturated rings. The molecular formula is C14H18N2O4. The molecule has 0 aliphatic carbocycles. The van der Waals surface area contributed by atoms with Gasteiger partial charge in [0, 0.05) is 44.4 Å². The highest BCUT2D eigenvalue weighted by molar-refractivity contribution is 5.87. The van der Waals surface area contributed by atoms with Crippen molar-refractivity contribution in [1.29, 1.82) is 0 Å². The molecule has 2 N–H and O–H groups in total. The molecule has 6 nitrogen and oxygen atoms in total. The lowest BCUT2D eigenvalue weighted by Crippen LogP contribution is -2.57. The number of amides is 1. The average Bonchev–Trinajstić information content (AvgIpc) is 2.47. The van der Waals surface area contributed by atoms with Crippen LogP contribution in [0.5, 0.6) is 0 Å². The van der Waals surface area contributed by atoms with Gasteiger partial charge in [0.05, 0.1) is 0 Å². The molecule has 1 aromatic rings. The van der Waals surface area contributed by atoms with Gasteiger partial charge in [0.25, 0.3) is 0 Å². The number of nitrogens with one attached hydrogen (secondary N) is 1. The zero-order valence-electron chi connectivity index (χ0n) is 11.2. The number of nitrogens with zero attached hydrogens (tertiary/aromatic N) is 1. The van der Waals surface area contributed by atoms with Gasteiger partial charge in [-0.2, -0.15) is 0 Å². The highest BCUT2D eigenvalue weighted by Gasteiger charge is 2.41. The normalized spacial score (nSPS) is 17.4. The first-order valence-corrected chi connectivity index (χ1v) is 6.64. The Morgan fingerprint density at radius 3 is 2.70 bits per heavy atom. The number of aliphatic carboxylic acids is 1. The Kier molecular flexibility index (Phi) is 4.68. The van der Waals surface area contributed by atoms with Crippen molar-refractivity contribution in [3.63, 3.8) is 0 Å². The summed E-state index contributed by atoms with van der Waals surface area (Å²) in [5, 5.41) is 12.0. The number of rotatable bonds is 5. The minimum atomic E-state index is -1.18. The number of hydrogen-bond donors (Lipinski definition) is 2. The third kappa shape index (κ3) is 3.54. The fourth-order valence-electron chi connectivity index (χ4n) is 2.23. The molecule has 1 saturated heterocycles. The van der Waals surface area contributed by atoms with Gasteiger partial charge in [-0.05, 0) is 18.6 Å². The predicted octanol–water partition coefficient (Wildman–Crippen LogP) is 0.764. The summed E-state index contributed by atoms with van der Waals surface area (Å²) in [6.45, 7) is 0.708. The lowest BCUT2D eigenvalue weighted by atomic mass is 9.90. The number of aromatic nitrogens is 1. The van der Waals surface area contributed by atoms with Gasteiger partial charge in [-0.3, -0.25) is 9.78 Å². The van der Waals surface area contributed by atoms with Crippen LogP contribution < -0.4 is 5.32 Å². The fourth-order valence-corrected chi connectivity index (χ4v) is 2.23. The lowest BCUT2D eigenvalue weighted by Gasteiger charge is -2.33. The Bertz CT molecular complexity index is 469. The van der Waals surface area contributed by atoms with Gasteiger partial charge >= 0.3 is 5.97 Å². The number of carboxylic acid groups (broad SMARTS) is 1. The van der Waals surface area contributed by atoms with Gasteiger partial charge < -0.3 is 15.2 Å². The molecule has 1 aliphatic heterocycles.